The lowest BCUT2D eigenvalue weighted by Gasteiger charge is -2.07. The van der Waals surface area contributed by atoms with E-state index in [-0.39, 0.29) is 25.3 Å². The largest absolute Gasteiger partial charge is 0.479 e. The number of aliphatic hydroxyl groups is 1. The van der Waals surface area contributed by atoms with E-state index in [0.29, 0.717) is 0 Å². The standard InChI is InChI=1S/C14H16N2O4/c17-12(14(19)20)5-6-15-13(18)7-9-8-16-11-4-2-1-3-10(9)11/h1-4,8,12,16-17H,5-7H2,(H,15,18)(H,19,20). The molecule has 0 aliphatic heterocycles. The zero-order chi connectivity index (χ0) is 14.5. The SMILES string of the molecule is O=C(Cc1c[nH]c2ccccc12)NCCC(O)C(=O)O. The van der Waals surface area contributed by atoms with E-state index in [9.17, 15) is 9.59 Å². The molecule has 1 aromatic heterocycles. The molecular formula is C14H16N2O4. The molecule has 6 nitrogen and oxygen atoms in total. The summed E-state index contributed by atoms with van der Waals surface area (Å²) in [5, 5.41) is 21.2. The number of para-hydroxylation sites is 1. The number of aliphatic carboxylic acids is 1. The van der Waals surface area contributed by atoms with E-state index in [1.807, 2.05) is 24.3 Å². The van der Waals surface area contributed by atoms with E-state index in [4.69, 9.17) is 10.2 Å². The first-order valence-corrected chi connectivity index (χ1v) is 6.30. The number of carboxylic acids is 1. The monoisotopic (exact) mass is 276 g/mol. The van der Waals surface area contributed by atoms with Gasteiger partial charge in [-0.25, -0.2) is 4.79 Å². The summed E-state index contributed by atoms with van der Waals surface area (Å²) in [6.07, 6.45) is 0.557. The summed E-state index contributed by atoms with van der Waals surface area (Å²) in [5.74, 6) is -1.48. The van der Waals surface area contributed by atoms with Crippen molar-refractivity contribution >= 4 is 22.8 Å². The highest BCUT2D eigenvalue weighted by Crippen LogP contribution is 2.17. The van der Waals surface area contributed by atoms with Gasteiger partial charge in [-0.3, -0.25) is 4.79 Å². The summed E-state index contributed by atoms with van der Waals surface area (Å²) in [5.41, 5.74) is 1.86. The highest BCUT2D eigenvalue weighted by atomic mass is 16.4. The molecule has 1 heterocycles. The average molecular weight is 276 g/mol. The first-order chi connectivity index (χ1) is 9.58. The van der Waals surface area contributed by atoms with Crippen LogP contribution in [0.3, 0.4) is 0 Å². The van der Waals surface area contributed by atoms with Crippen LogP contribution in [0.25, 0.3) is 10.9 Å². The van der Waals surface area contributed by atoms with E-state index in [2.05, 4.69) is 10.3 Å². The molecule has 0 saturated carbocycles. The molecule has 0 spiro atoms. The predicted molar refractivity (Wildman–Crippen MR) is 73.3 cm³/mol. The second-order valence-corrected chi connectivity index (χ2v) is 4.53. The third kappa shape index (κ3) is 3.36. The number of aromatic amines is 1. The Morgan fingerprint density at radius 3 is 2.80 bits per heavy atom. The minimum atomic E-state index is -1.44. The summed E-state index contributed by atoms with van der Waals surface area (Å²) < 4.78 is 0. The number of nitrogens with one attached hydrogen (secondary N) is 2. The molecule has 1 aromatic carbocycles. The van der Waals surface area contributed by atoms with Gasteiger partial charge >= 0.3 is 5.97 Å². The zero-order valence-electron chi connectivity index (χ0n) is 10.8. The fraction of sp³-hybridized carbons (Fsp3) is 0.286. The fourth-order valence-electron chi connectivity index (χ4n) is 1.99. The second kappa shape index (κ2) is 6.21. The molecule has 106 valence electrons. The minimum absolute atomic E-state index is 0.00500. The van der Waals surface area contributed by atoms with Crippen LogP contribution >= 0.6 is 0 Å². The first-order valence-electron chi connectivity index (χ1n) is 6.30. The molecule has 0 saturated heterocycles. The zero-order valence-corrected chi connectivity index (χ0v) is 10.8. The Balaban J connectivity index is 1.87. The van der Waals surface area contributed by atoms with Crippen LogP contribution in [0, 0.1) is 0 Å². The number of carbonyl (C=O) groups excluding carboxylic acids is 1. The lowest BCUT2D eigenvalue weighted by atomic mass is 10.1. The number of benzene rings is 1. The van der Waals surface area contributed by atoms with Crippen molar-refractivity contribution in [3.8, 4) is 0 Å². The van der Waals surface area contributed by atoms with Crippen LogP contribution in [-0.4, -0.2) is 39.7 Å². The molecule has 20 heavy (non-hydrogen) atoms. The maximum Gasteiger partial charge on any atom is 0.332 e. The van der Waals surface area contributed by atoms with E-state index < -0.39 is 12.1 Å². The number of rotatable bonds is 6. The number of carbonyl (C=O) groups is 2. The highest BCUT2D eigenvalue weighted by molar-refractivity contribution is 5.88. The van der Waals surface area contributed by atoms with Gasteiger partial charge in [0.2, 0.25) is 5.91 Å². The van der Waals surface area contributed by atoms with E-state index in [1.54, 1.807) is 6.20 Å². The van der Waals surface area contributed by atoms with Gasteiger partial charge < -0.3 is 20.5 Å². The highest BCUT2D eigenvalue weighted by Gasteiger charge is 2.13. The number of amides is 1. The average Bonchev–Trinajstić information content (AvgIpc) is 2.82. The maximum absolute atomic E-state index is 11.8. The van der Waals surface area contributed by atoms with Crippen LogP contribution < -0.4 is 5.32 Å². The molecule has 0 aliphatic carbocycles. The third-order valence-corrected chi connectivity index (χ3v) is 3.05. The number of carboxylic acid groups (broad SMARTS) is 1. The molecule has 1 amide bonds. The lowest BCUT2D eigenvalue weighted by molar-refractivity contribution is -0.147. The van der Waals surface area contributed by atoms with E-state index in [1.165, 1.54) is 0 Å². The van der Waals surface area contributed by atoms with Crippen LogP contribution in [0.5, 0.6) is 0 Å². The van der Waals surface area contributed by atoms with Gasteiger partial charge in [-0.2, -0.15) is 0 Å². The van der Waals surface area contributed by atoms with Crippen molar-refractivity contribution in [2.24, 2.45) is 0 Å². The van der Waals surface area contributed by atoms with Gasteiger partial charge in [0, 0.05) is 30.1 Å². The number of H-pyrrole nitrogens is 1. The van der Waals surface area contributed by atoms with Crippen LogP contribution in [0.15, 0.2) is 30.5 Å². The van der Waals surface area contributed by atoms with Gasteiger partial charge in [-0.15, -0.1) is 0 Å². The first kappa shape index (κ1) is 14.1. The van der Waals surface area contributed by atoms with Gasteiger partial charge in [0.05, 0.1) is 6.42 Å². The van der Waals surface area contributed by atoms with E-state index in [0.717, 1.165) is 16.5 Å². The van der Waals surface area contributed by atoms with Crippen LogP contribution in [-0.2, 0) is 16.0 Å². The molecule has 1 atom stereocenters. The Kier molecular flexibility index (Phi) is 4.37. The second-order valence-electron chi connectivity index (χ2n) is 4.53. The summed E-state index contributed by atoms with van der Waals surface area (Å²) in [6, 6.07) is 7.68. The smallest absolute Gasteiger partial charge is 0.332 e. The normalized spacial score (nSPS) is 12.2. The van der Waals surface area contributed by atoms with Gasteiger partial charge in [0.15, 0.2) is 6.10 Å². The number of aromatic nitrogens is 1. The topological polar surface area (TPSA) is 102 Å². The van der Waals surface area contributed by atoms with Crippen LogP contribution in [0.1, 0.15) is 12.0 Å². The van der Waals surface area contributed by atoms with Crippen molar-refractivity contribution in [2.45, 2.75) is 18.9 Å². The third-order valence-electron chi connectivity index (χ3n) is 3.05. The van der Waals surface area contributed by atoms with Crippen molar-refractivity contribution in [2.75, 3.05) is 6.54 Å². The van der Waals surface area contributed by atoms with Crippen molar-refractivity contribution in [1.29, 1.82) is 0 Å². The Morgan fingerprint density at radius 1 is 1.30 bits per heavy atom. The van der Waals surface area contributed by atoms with Gasteiger partial charge in [0.1, 0.15) is 0 Å². The molecule has 0 bridgehead atoms. The van der Waals surface area contributed by atoms with Crippen LogP contribution in [0.2, 0.25) is 0 Å². The Bertz CT molecular complexity index is 620. The minimum Gasteiger partial charge on any atom is -0.479 e. The van der Waals surface area contributed by atoms with Crippen molar-refractivity contribution < 1.29 is 19.8 Å². The number of hydrogen-bond acceptors (Lipinski definition) is 3. The predicted octanol–water partition coefficient (Wildman–Crippen LogP) is 0.662. The molecular weight excluding hydrogens is 260 g/mol. The van der Waals surface area contributed by atoms with Crippen molar-refractivity contribution in [1.82, 2.24) is 10.3 Å². The molecule has 4 N–H and O–H groups in total. The fourth-order valence-corrected chi connectivity index (χ4v) is 1.99. The Hall–Kier alpha value is -2.34. The van der Waals surface area contributed by atoms with Gasteiger partial charge in [-0.05, 0) is 11.6 Å². The van der Waals surface area contributed by atoms with Crippen LogP contribution in [0.4, 0.5) is 0 Å². The molecule has 1 unspecified atom stereocenters. The van der Waals surface area contributed by atoms with Crippen molar-refractivity contribution in [3.63, 3.8) is 0 Å². The Labute approximate surface area is 115 Å². The maximum atomic E-state index is 11.8. The number of hydrogen-bond donors (Lipinski definition) is 4. The molecule has 0 aliphatic rings. The number of fused-ring (bicyclic) bond motifs is 1. The van der Waals surface area contributed by atoms with Gasteiger partial charge in [0.25, 0.3) is 0 Å². The summed E-state index contributed by atoms with van der Waals surface area (Å²) >= 11 is 0. The Morgan fingerprint density at radius 2 is 2.05 bits per heavy atom. The summed E-state index contributed by atoms with van der Waals surface area (Å²) in [6.45, 7) is 0.134. The molecule has 0 radical (unpaired) electrons. The summed E-state index contributed by atoms with van der Waals surface area (Å²) in [7, 11) is 0. The van der Waals surface area contributed by atoms with Gasteiger partial charge in [-0.1, -0.05) is 18.2 Å². The molecule has 2 aromatic rings. The molecule has 6 heteroatoms. The quantitative estimate of drug-likeness (QED) is 0.622. The lowest BCUT2D eigenvalue weighted by Crippen LogP contribution is -2.30. The van der Waals surface area contributed by atoms with E-state index >= 15 is 0 Å². The number of aliphatic hydroxyl groups excluding tert-OH is 1. The molecule has 2 rings (SSSR count). The summed E-state index contributed by atoms with van der Waals surface area (Å²) in [4.78, 5) is 25.2. The van der Waals surface area contributed by atoms with Crippen molar-refractivity contribution in [3.05, 3.63) is 36.0 Å². The molecule has 0 fully saturated rings.